The number of nitrogens with one attached hydrogen (secondary N) is 1. The monoisotopic (exact) mass is 380 g/mol. The summed E-state index contributed by atoms with van der Waals surface area (Å²) in [6.45, 7) is 4.84. The maximum Gasteiger partial charge on any atom is 0.336 e. The Labute approximate surface area is 151 Å². The van der Waals surface area contributed by atoms with Crippen LogP contribution in [0, 0.1) is 20.8 Å². The number of amides is 1. The molecular formula is C17H20N2O6S. The van der Waals surface area contributed by atoms with Gasteiger partial charge in [-0.15, -0.1) is 0 Å². The summed E-state index contributed by atoms with van der Waals surface area (Å²) >= 11 is 0. The van der Waals surface area contributed by atoms with Gasteiger partial charge in [0.25, 0.3) is 5.91 Å². The third-order valence-corrected chi connectivity index (χ3v) is 5.83. The summed E-state index contributed by atoms with van der Waals surface area (Å²) in [7, 11) is -0.984. The van der Waals surface area contributed by atoms with E-state index in [4.69, 9.17) is 4.42 Å². The van der Waals surface area contributed by atoms with Gasteiger partial charge in [-0.25, -0.2) is 17.5 Å². The van der Waals surface area contributed by atoms with Crippen LogP contribution in [0.3, 0.4) is 0 Å². The van der Waals surface area contributed by atoms with Gasteiger partial charge in [0.1, 0.15) is 10.7 Å². The van der Waals surface area contributed by atoms with Gasteiger partial charge >= 0.3 is 5.97 Å². The lowest BCUT2D eigenvalue weighted by Crippen LogP contribution is -2.22. The van der Waals surface area contributed by atoms with Crippen LogP contribution in [0.25, 0.3) is 0 Å². The first kappa shape index (κ1) is 19.7. The summed E-state index contributed by atoms with van der Waals surface area (Å²) in [6.07, 6.45) is 0. The van der Waals surface area contributed by atoms with E-state index in [1.807, 2.05) is 0 Å². The standard InChI is InChI=1S/C17H20N2O6S/c1-9-6-10(2)13(7-12(9)17(21)22)18-16(20)14-8-15(11(3)25-14)26(23,24)19(4)5/h6-8H,1-5H3,(H,18,20)(H,21,22). The van der Waals surface area contributed by atoms with Gasteiger partial charge < -0.3 is 14.8 Å². The number of rotatable bonds is 5. The van der Waals surface area contributed by atoms with Crippen molar-refractivity contribution in [3.63, 3.8) is 0 Å². The first-order chi connectivity index (χ1) is 11.9. The molecule has 140 valence electrons. The van der Waals surface area contributed by atoms with Crippen molar-refractivity contribution in [2.24, 2.45) is 0 Å². The van der Waals surface area contributed by atoms with Crippen LogP contribution in [0.2, 0.25) is 0 Å². The topological polar surface area (TPSA) is 117 Å². The highest BCUT2D eigenvalue weighted by Crippen LogP contribution is 2.25. The van der Waals surface area contributed by atoms with Crippen LogP contribution in [0.1, 0.15) is 37.8 Å². The molecule has 0 saturated carbocycles. The third kappa shape index (κ3) is 3.63. The second-order valence-electron chi connectivity index (χ2n) is 6.06. The predicted molar refractivity (Wildman–Crippen MR) is 95.1 cm³/mol. The molecule has 0 saturated heterocycles. The molecule has 1 heterocycles. The molecule has 0 fully saturated rings. The van der Waals surface area contributed by atoms with Gasteiger partial charge in [0.05, 0.1) is 5.56 Å². The van der Waals surface area contributed by atoms with E-state index < -0.39 is 21.9 Å². The number of furan rings is 1. The van der Waals surface area contributed by atoms with Crippen LogP contribution < -0.4 is 5.32 Å². The molecule has 1 aromatic heterocycles. The predicted octanol–water partition coefficient (Wildman–Crippen LogP) is 2.41. The van der Waals surface area contributed by atoms with Crippen LogP contribution in [0.5, 0.6) is 0 Å². The maximum atomic E-state index is 12.4. The molecule has 1 aromatic carbocycles. The minimum atomic E-state index is -3.74. The van der Waals surface area contributed by atoms with Gasteiger partial charge in [-0.2, -0.15) is 0 Å². The van der Waals surface area contributed by atoms with E-state index in [1.165, 1.54) is 27.1 Å². The van der Waals surface area contributed by atoms with Crippen molar-refractivity contribution in [2.45, 2.75) is 25.7 Å². The van der Waals surface area contributed by atoms with Crippen LogP contribution in [-0.2, 0) is 10.0 Å². The molecule has 0 atom stereocenters. The molecule has 0 aliphatic rings. The van der Waals surface area contributed by atoms with Gasteiger partial charge in [0.15, 0.2) is 5.76 Å². The Hall–Kier alpha value is -2.65. The fourth-order valence-corrected chi connectivity index (χ4v) is 3.49. The molecule has 8 nitrogen and oxygen atoms in total. The molecule has 0 aliphatic heterocycles. The van der Waals surface area contributed by atoms with Gasteiger partial charge in [-0.1, -0.05) is 6.07 Å². The molecule has 0 aliphatic carbocycles. The highest BCUT2D eigenvalue weighted by Gasteiger charge is 2.26. The van der Waals surface area contributed by atoms with E-state index in [0.717, 1.165) is 10.4 Å². The molecule has 2 aromatic rings. The van der Waals surface area contributed by atoms with E-state index in [2.05, 4.69) is 5.32 Å². The molecule has 0 unspecified atom stereocenters. The highest BCUT2D eigenvalue weighted by atomic mass is 32.2. The zero-order valence-corrected chi connectivity index (χ0v) is 15.9. The molecule has 9 heteroatoms. The Morgan fingerprint density at radius 1 is 1.08 bits per heavy atom. The van der Waals surface area contributed by atoms with Gasteiger partial charge in [-0.05, 0) is 38.0 Å². The largest absolute Gasteiger partial charge is 0.478 e. The Bertz CT molecular complexity index is 989. The average molecular weight is 380 g/mol. The van der Waals surface area contributed by atoms with E-state index in [0.29, 0.717) is 16.8 Å². The minimum absolute atomic E-state index is 0.0670. The molecular weight excluding hydrogens is 360 g/mol. The molecule has 0 radical (unpaired) electrons. The van der Waals surface area contributed by atoms with Crippen molar-refractivity contribution < 1.29 is 27.5 Å². The zero-order valence-electron chi connectivity index (χ0n) is 15.1. The number of nitrogens with zero attached hydrogens (tertiary/aromatic N) is 1. The fourth-order valence-electron chi connectivity index (χ4n) is 2.43. The van der Waals surface area contributed by atoms with Crippen molar-refractivity contribution in [2.75, 3.05) is 19.4 Å². The number of anilines is 1. The lowest BCUT2D eigenvalue weighted by Gasteiger charge is -2.10. The van der Waals surface area contributed by atoms with Gasteiger partial charge in [-0.3, -0.25) is 4.79 Å². The number of aryl methyl sites for hydroxylation is 3. The average Bonchev–Trinajstić information content (AvgIpc) is 2.92. The molecule has 2 N–H and O–H groups in total. The summed E-state index contributed by atoms with van der Waals surface area (Å²) < 4.78 is 30.8. The second kappa shape index (κ2) is 6.93. The number of carbonyl (C=O) groups is 2. The second-order valence-corrected chi connectivity index (χ2v) is 8.18. The van der Waals surface area contributed by atoms with Crippen molar-refractivity contribution in [3.05, 3.63) is 46.4 Å². The van der Waals surface area contributed by atoms with Crippen LogP contribution in [-0.4, -0.2) is 43.8 Å². The number of benzene rings is 1. The number of sulfonamides is 1. The quantitative estimate of drug-likeness (QED) is 0.823. The van der Waals surface area contributed by atoms with Gasteiger partial charge in [0.2, 0.25) is 10.0 Å². The Kier molecular flexibility index (Phi) is 5.24. The summed E-state index contributed by atoms with van der Waals surface area (Å²) in [6, 6.07) is 4.16. The number of carbonyl (C=O) groups excluding carboxylic acids is 1. The highest BCUT2D eigenvalue weighted by molar-refractivity contribution is 7.89. The van der Waals surface area contributed by atoms with E-state index in [9.17, 15) is 23.1 Å². The summed E-state index contributed by atoms with van der Waals surface area (Å²) in [4.78, 5) is 23.6. The number of aromatic carboxylic acids is 1. The van der Waals surface area contributed by atoms with E-state index in [1.54, 1.807) is 19.9 Å². The number of hydrogen-bond donors (Lipinski definition) is 2. The lowest BCUT2D eigenvalue weighted by molar-refractivity contribution is 0.0695. The Morgan fingerprint density at radius 2 is 1.69 bits per heavy atom. The normalized spacial score (nSPS) is 11.6. The molecule has 26 heavy (non-hydrogen) atoms. The van der Waals surface area contributed by atoms with Crippen molar-refractivity contribution in [1.82, 2.24) is 4.31 Å². The van der Waals surface area contributed by atoms with Crippen LogP contribution in [0.15, 0.2) is 27.5 Å². The van der Waals surface area contributed by atoms with Crippen molar-refractivity contribution in [1.29, 1.82) is 0 Å². The molecule has 2 rings (SSSR count). The third-order valence-electron chi connectivity index (χ3n) is 3.90. The number of carboxylic acids is 1. The Morgan fingerprint density at radius 3 is 2.23 bits per heavy atom. The van der Waals surface area contributed by atoms with Crippen LogP contribution in [0.4, 0.5) is 5.69 Å². The zero-order chi connectivity index (χ0) is 19.8. The summed E-state index contributed by atoms with van der Waals surface area (Å²) in [5.74, 6) is -1.86. The van der Waals surface area contributed by atoms with Crippen LogP contribution >= 0.6 is 0 Å². The molecule has 0 spiro atoms. The van der Waals surface area contributed by atoms with Crippen molar-refractivity contribution in [3.8, 4) is 0 Å². The van der Waals surface area contributed by atoms with Crippen molar-refractivity contribution >= 4 is 27.6 Å². The number of hydrogen-bond acceptors (Lipinski definition) is 5. The Balaban J connectivity index is 2.38. The maximum absolute atomic E-state index is 12.4. The van der Waals surface area contributed by atoms with Gasteiger partial charge in [0, 0.05) is 25.8 Å². The van der Waals surface area contributed by atoms with E-state index >= 15 is 0 Å². The molecule has 0 bridgehead atoms. The summed E-state index contributed by atoms with van der Waals surface area (Å²) in [5, 5.41) is 11.8. The first-order valence-corrected chi connectivity index (χ1v) is 9.08. The molecule has 1 amide bonds. The summed E-state index contributed by atoms with van der Waals surface area (Å²) in [5.41, 5.74) is 1.62. The first-order valence-electron chi connectivity index (χ1n) is 7.64. The minimum Gasteiger partial charge on any atom is -0.478 e. The SMILES string of the molecule is Cc1cc(C)c(C(=O)O)cc1NC(=O)c1cc(S(=O)(=O)N(C)C)c(C)o1. The number of carboxylic acid groups (broad SMARTS) is 1. The van der Waals surface area contributed by atoms with E-state index in [-0.39, 0.29) is 22.0 Å². The smallest absolute Gasteiger partial charge is 0.336 e. The lowest BCUT2D eigenvalue weighted by atomic mass is 10.0. The fraction of sp³-hybridized carbons (Fsp3) is 0.294.